The number of H-pyrrole nitrogens is 1. The second-order valence-corrected chi connectivity index (χ2v) is 5.87. The molecule has 2 aliphatic rings. The number of fused-ring (bicyclic) bond motifs is 2. The highest BCUT2D eigenvalue weighted by molar-refractivity contribution is 6.10. The van der Waals surface area contributed by atoms with Gasteiger partial charge in [-0.05, 0) is 17.7 Å². The molecule has 6 nitrogen and oxygen atoms in total. The van der Waals surface area contributed by atoms with Crippen molar-refractivity contribution in [2.75, 3.05) is 6.61 Å². The minimum absolute atomic E-state index is 0.169. The molecule has 1 saturated heterocycles. The van der Waals surface area contributed by atoms with Gasteiger partial charge in [0.1, 0.15) is 18.3 Å². The van der Waals surface area contributed by atoms with Crippen LogP contribution >= 0.6 is 0 Å². The van der Waals surface area contributed by atoms with Crippen molar-refractivity contribution in [2.45, 2.75) is 12.1 Å². The molecule has 0 radical (unpaired) electrons. The van der Waals surface area contributed by atoms with E-state index in [0.29, 0.717) is 10.9 Å². The molecular weight excluding hydrogens is 356 g/mol. The number of nitrogens with one attached hydrogen (secondary N) is 1. The first kappa shape index (κ1) is 16.3. The smallest absolute Gasteiger partial charge is 0.434 e. The molecule has 2 aromatic rings. The van der Waals surface area contributed by atoms with Gasteiger partial charge in [-0.2, -0.15) is 23.5 Å². The number of benzene rings is 1. The molecule has 0 aliphatic carbocycles. The van der Waals surface area contributed by atoms with Gasteiger partial charge >= 0.3 is 12.1 Å². The number of carbonyl (C=O) groups excluding carboxylic acids is 1. The highest BCUT2D eigenvalue weighted by atomic mass is 19.4. The first-order valence-corrected chi connectivity index (χ1v) is 7.39. The van der Waals surface area contributed by atoms with E-state index in [-0.39, 0.29) is 11.3 Å². The first-order valence-electron chi connectivity index (χ1n) is 7.39. The predicted octanol–water partition coefficient (Wildman–Crippen LogP) is 2.75. The Labute approximate surface area is 142 Å². The van der Waals surface area contributed by atoms with Crippen LogP contribution in [0.1, 0.15) is 11.5 Å². The van der Waals surface area contributed by atoms with Crippen molar-refractivity contribution in [3.8, 4) is 6.07 Å². The summed E-state index contributed by atoms with van der Waals surface area (Å²) in [6.07, 6.45) is -3.56. The van der Waals surface area contributed by atoms with E-state index >= 15 is 0 Å². The topological polar surface area (TPSA) is 91.1 Å². The molecule has 1 N–H and O–H groups in total. The number of allylic oxidation sites excluding steroid dienone is 2. The second kappa shape index (κ2) is 5.39. The Hall–Kier alpha value is -3.22. The van der Waals surface area contributed by atoms with Crippen molar-refractivity contribution in [2.24, 2.45) is 10.9 Å². The predicted molar refractivity (Wildman–Crippen MR) is 79.4 cm³/mol. The molecule has 4 rings (SSSR count). The third kappa shape index (κ3) is 2.28. The number of halogens is 4. The summed E-state index contributed by atoms with van der Waals surface area (Å²) >= 11 is 0. The Morgan fingerprint density at radius 2 is 2.08 bits per heavy atom. The maximum Gasteiger partial charge on any atom is 0.434 e. The van der Waals surface area contributed by atoms with Crippen LogP contribution < -0.4 is 0 Å². The number of alkyl halides is 3. The zero-order chi connectivity index (χ0) is 18.6. The van der Waals surface area contributed by atoms with Crippen LogP contribution in [0.3, 0.4) is 0 Å². The lowest BCUT2D eigenvalue weighted by atomic mass is 9.76. The number of nitrogens with zero attached hydrogens (tertiary/aromatic N) is 3. The molecule has 1 aromatic carbocycles. The van der Waals surface area contributed by atoms with Gasteiger partial charge in [-0.3, -0.25) is 9.89 Å². The van der Waals surface area contributed by atoms with Crippen molar-refractivity contribution >= 4 is 22.6 Å². The maximum absolute atomic E-state index is 14.6. The van der Waals surface area contributed by atoms with Crippen LogP contribution in [-0.2, 0) is 9.53 Å². The number of rotatable bonds is 1. The van der Waals surface area contributed by atoms with Crippen molar-refractivity contribution in [3.05, 3.63) is 41.0 Å². The van der Waals surface area contributed by atoms with Crippen LogP contribution in [0.15, 0.2) is 34.6 Å². The minimum Gasteiger partial charge on any atom is -0.459 e. The van der Waals surface area contributed by atoms with Gasteiger partial charge in [0.2, 0.25) is 0 Å². The van der Waals surface area contributed by atoms with E-state index in [1.807, 2.05) is 0 Å². The standard InChI is InChI=1S/C16H8F4N4O2/c17-9-2-10-6(4-22-24-10)1-7(9)12-8(3-21)14(16(18,19)20)23-11-5-26-15(25)13(11)12/h1-2,4,12-13H,5H2,(H,22,24). The highest BCUT2D eigenvalue weighted by Gasteiger charge is 2.51. The third-order valence-corrected chi connectivity index (χ3v) is 4.41. The monoisotopic (exact) mass is 364 g/mol. The molecule has 2 aliphatic heterocycles. The third-order valence-electron chi connectivity index (χ3n) is 4.41. The fourth-order valence-electron chi connectivity index (χ4n) is 3.30. The Morgan fingerprint density at radius 3 is 2.77 bits per heavy atom. The van der Waals surface area contributed by atoms with Crippen LogP contribution in [0.25, 0.3) is 10.9 Å². The average molecular weight is 364 g/mol. The van der Waals surface area contributed by atoms with Crippen molar-refractivity contribution in [1.29, 1.82) is 5.26 Å². The summed E-state index contributed by atoms with van der Waals surface area (Å²) in [5.41, 5.74) is -2.29. The zero-order valence-corrected chi connectivity index (χ0v) is 12.8. The number of cyclic esters (lactones) is 1. The normalized spacial score (nSPS) is 22.9. The van der Waals surface area contributed by atoms with Crippen molar-refractivity contribution in [3.63, 3.8) is 0 Å². The summed E-state index contributed by atoms with van der Waals surface area (Å²) in [6.45, 7) is -0.423. The Morgan fingerprint density at radius 1 is 1.31 bits per heavy atom. The molecular formula is C16H8F4N4O2. The van der Waals surface area contributed by atoms with Gasteiger partial charge in [-0.25, -0.2) is 9.38 Å². The average Bonchev–Trinajstić information content (AvgIpc) is 3.18. The quantitative estimate of drug-likeness (QED) is 0.622. The summed E-state index contributed by atoms with van der Waals surface area (Å²) in [5.74, 6) is -4.44. The molecule has 0 amide bonds. The molecule has 2 atom stereocenters. The van der Waals surface area contributed by atoms with E-state index in [4.69, 9.17) is 4.74 Å². The summed E-state index contributed by atoms with van der Waals surface area (Å²) < 4.78 is 59.6. The number of aromatic nitrogens is 2. The highest BCUT2D eigenvalue weighted by Crippen LogP contribution is 2.46. The minimum atomic E-state index is -4.93. The molecule has 0 bridgehead atoms. The van der Waals surface area contributed by atoms with Gasteiger partial charge < -0.3 is 4.74 Å². The SMILES string of the molecule is N#CC1=C(C(F)(F)F)N=C2COC(=O)C2C1c1cc2cn[nH]c2cc1F. The summed E-state index contributed by atoms with van der Waals surface area (Å²) in [6, 6.07) is 3.80. The van der Waals surface area contributed by atoms with E-state index in [0.717, 1.165) is 6.07 Å². The summed E-state index contributed by atoms with van der Waals surface area (Å²) in [5, 5.41) is 16.1. The molecule has 3 heterocycles. The molecule has 2 unspecified atom stereocenters. The first-order chi connectivity index (χ1) is 12.3. The number of aromatic amines is 1. The maximum atomic E-state index is 14.6. The number of nitriles is 1. The van der Waals surface area contributed by atoms with Gasteiger partial charge in [-0.1, -0.05) is 0 Å². The zero-order valence-electron chi connectivity index (χ0n) is 12.8. The number of hydrogen-bond donors (Lipinski definition) is 1. The van der Waals surface area contributed by atoms with E-state index in [1.165, 1.54) is 18.3 Å². The van der Waals surface area contributed by atoms with Gasteiger partial charge in [0.25, 0.3) is 0 Å². The van der Waals surface area contributed by atoms with Gasteiger partial charge in [0.05, 0.1) is 29.1 Å². The molecule has 10 heteroatoms. The van der Waals surface area contributed by atoms with Gasteiger partial charge in [-0.15, -0.1) is 0 Å². The second-order valence-electron chi connectivity index (χ2n) is 5.87. The fraction of sp³-hybridized carbons (Fsp3) is 0.250. The van der Waals surface area contributed by atoms with E-state index in [2.05, 4.69) is 15.2 Å². The summed E-state index contributed by atoms with van der Waals surface area (Å²) in [4.78, 5) is 15.5. The molecule has 0 saturated carbocycles. The lowest BCUT2D eigenvalue weighted by Crippen LogP contribution is -2.32. The van der Waals surface area contributed by atoms with Crippen molar-refractivity contribution in [1.82, 2.24) is 10.2 Å². The number of carbonyl (C=O) groups is 1. The van der Waals surface area contributed by atoms with Crippen LogP contribution in [0.5, 0.6) is 0 Å². The lowest BCUT2D eigenvalue weighted by molar-refractivity contribution is -0.141. The van der Waals surface area contributed by atoms with Crippen LogP contribution in [0.2, 0.25) is 0 Å². The van der Waals surface area contributed by atoms with Crippen LogP contribution in [0, 0.1) is 23.1 Å². The van der Waals surface area contributed by atoms with Gasteiger partial charge in [0.15, 0.2) is 5.70 Å². The molecule has 132 valence electrons. The van der Waals surface area contributed by atoms with Crippen LogP contribution in [-0.4, -0.2) is 34.7 Å². The number of aliphatic imine (C=N–C) groups is 1. The van der Waals surface area contributed by atoms with E-state index in [1.54, 1.807) is 0 Å². The lowest BCUT2D eigenvalue weighted by Gasteiger charge is -2.27. The van der Waals surface area contributed by atoms with Gasteiger partial charge in [0, 0.05) is 11.3 Å². The molecule has 1 aromatic heterocycles. The largest absolute Gasteiger partial charge is 0.459 e. The Bertz CT molecular complexity index is 1040. The fourth-order valence-corrected chi connectivity index (χ4v) is 3.30. The number of esters is 1. The molecule has 0 spiro atoms. The Balaban J connectivity index is 2.00. The summed E-state index contributed by atoms with van der Waals surface area (Å²) in [7, 11) is 0. The Kier molecular flexibility index (Phi) is 3.37. The van der Waals surface area contributed by atoms with E-state index in [9.17, 15) is 27.6 Å². The number of ether oxygens (including phenoxy) is 1. The number of hydrogen-bond acceptors (Lipinski definition) is 5. The van der Waals surface area contributed by atoms with E-state index < -0.39 is 47.7 Å². The molecule has 1 fully saturated rings. The van der Waals surface area contributed by atoms with Crippen LogP contribution in [0.4, 0.5) is 17.6 Å². The molecule has 26 heavy (non-hydrogen) atoms. The van der Waals surface area contributed by atoms with Crippen molar-refractivity contribution < 1.29 is 27.1 Å².